The first-order valence-corrected chi connectivity index (χ1v) is 8.81. The largest absolute Gasteiger partial charge is 0.313 e. The minimum Gasteiger partial charge on any atom is -0.313 e. The molecule has 1 aromatic rings. The Morgan fingerprint density at radius 1 is 0.810 bits per heavy atom. The normalized spacial score (nSPS) is 11.2. The van der Waals surface area contributed by atoms with Crippen molar-refractivity contribution < 1.29 is 0 Å². The second-order valence-corrected chi connectivity index (χ2v) is 5.90. The molecule has 0 heterocycles. The molecule has 0 aromatic heterocycles. The molecule has 0 amide bonds. The average molecular weight is 290 g/mol. The third-order valence-electron chi connectivity index (χ3n) is 3.92. The van der Waals surface area contributed by atoms with E-state index in [-0.39, 0.29) is 0 Å². The maximum Gasteiger partial charge on any atom is 0.0205 e. The molecule has 1 rings (SSSR count). The number of hydrogen-bond donors (Lipinski definition) is 1. The lowest BCUT2D eigenvalue weighted by atomic mass is 10.1. The third kappa shape index (κ3) is 8.23. The average Bonchev–Trinajstić information content (AvgIpc) is 2.51. The standard InChI is InChI=1S/C19H34N2/c1-4-14-21(15-5-2)16-8-7-13-20-17-19-11-9-18(6-3)10-12-19/h9-12,20H,4-8,13-17H2,1-3H3. The minimum absolute atomic E-state index is 0.998. The first-order valence-electron chi connectivity index (χ1n) is 8.81. The number of nitrogens with one attached hydrogen (secondary N) is 1. The van der Waals surface area contributed by atoms with Gasteiger partial charge in [-0.1, -0.05) is 45.0 Å². The summed E-state index contributed by atoms with van der Waals surface area (Å²) in [5.41, 5.74) is 2.82. The van der Waals surface area contributed by atoms with Gasteiger partial charge in [-0.05, 0) is 69.4 Å². The van der Waals surface area contributed by atoms with Crippen LogP contribution in [0.4, 0.5) is 0 Å². The van der Waals surface area contributed by atoms with E-state index in [1.807, 2.05) is 0 Å². The van der Waals surface area contributed by atoms with Crippen molar-refractivity contribution in [2.24, 2.45) is 0 Å². The highest BCUT2D eigenvalue weighted by Gasteiger charge is 2.01. The highest BCUT2D eigenvalue weighted by Crippen LogP contribution is 2.05. The van der Waals surface area contributed by atoms with E-state index in [4.69, 9.17) is 0 Å². The SMILES string of the molecule is CCCN(CCC)CCCCNCc1ccc(CC)cc1. The summed E-state index contributed by atoms with van der Waals surface area (Å²) in [5, 5.41) is 3.56. The van der Waals surface area contributed by atoms with Crippen molar-refractivity contribution in [2.45, 2.75) is 59.4 Å². The van der Waals surface area contributed by atoms with Gasteiger partial charge in [0.25, 0.3) is 0 Å². The fourth-order valence-electron chi connectivity index (χ4n) is 2.68. The van der Waals surface area contributed by atoms with Gasteiger partial charge >= 0.3 is 0 Å². The van der Waals surface area contributed by atoms with Crippen LogP contribution in [0.1, 0.15) is 57.6 Å². The van der Waals surface area contributed by atoms with Gasteiger partial charge in [0.2, 0.25) is 0 Å². The highest BCUT2D eigenvalue weighted by atomic mass is 15.1. The van der Waals surface area contributed by atoms with Crippen molar-refractivity contribution in [1.82, 2.24) is 10.2 Å². The van der Waals surface area contributed by atoms with E-state index < -0.39 is 0 Å². The summed E-state index contributed by atoms with van der Waals surface area (Å²) in [6.07, 6.45) is 6.25. The van der Waals surface area contributed by atoms with Crippen LogP contribution >= 0.6 is 0 Å². The predicted octanol–water partition coefficient (Wildman–Crippen LogP) is 4.24. The molecule has 0 radical (unpaired) electrons. The molecule has 0 spiro atoms. The van der Waals surface area contributed by atoms with Gasteiger partial charge in [0, 0.05) is 6.54 Å². The second-order valence-electron chi connectivity index (χ2n) is 5.90. The van der Waals surface area contributed by atoms with Crippen LogP contribution in [0.3, 0.4) is 0 Å². The van der Waals surface area contributed by atoms with Crippen molar-refractivity contribution in [2.75, 3.05) is 26.2 Å². The van der Waals surface area contributed by atoms with Crippen molar-refractivity contribution in [3.05, 3.63) is 35.4 Å². The molecule has 1 aromatic carbocycles. The highest BCUT2D eigenvalue weighted by molar-refractivity contribution is 5.22. The third-order valence-corrected chi connectivity index (χ3v) is 3.92. The maximum absolute atomic E-state index is 3.56. The number of benzene rings is 1. The molecule has 0 bridgehead atoms. The zero-order valence-electron chi connectivity index (χ0n) is 14.3. The Bertz CT molecular complexity index is 339. The topological polar surface area (TPSA) is 15.3 Å². The Labute approximate surface area is 131 Å². The lowest BCUT2D eigenvalue weighted by Gasteiger charge is -2.20. The summed E-state index contributed by atoms with van der Waals surface area (Å²) in [6.45, 7) is 12.6. The molecule has 0 atom stereocenters. The number of rotatable bonds is 12. The van der Waals surface area contributed by atoms with Crippen molar-refractivity contribution in [1.29, 1.82) is 0 Å². The molecule has 0 saturated carbocycles. The maximum atomic E-state index is 3.56. The molecule has 2 heteroatoms. The van der Waals surface area contributed by atoms with Gasteiger partial charge in [-0.15, -0.1) is 0 Å². The van der Waals surface area contributed by atoms with Gasteiger partial charge < -0.3 is 10.2 Å². The molecule has 2 nitrogen and oxygen atoms in total. The lowest BCUT2D eigenvalue weighted by molar-refractivity contribution is 0.268. The van der Waals surface area contributed by atoms with E-state index in [2.05, 4.69) is 55.3 Å². The molecule has 0 aliphatic carbocycles. The number of hydrogen-bond acceptors (Lipinski definition) is 2. The molecule has 0 aliphatic rings. The van der Waals surface area contributed by atoms with Crippen LogP contribution in [0.2, 0.25) is 0 Å². The molecule has 0 unspecified atom stereocenters. The molecule has 21 heavy (non-hydrogen) atoms. The molecular formula is C19H34N2. The Kier molecular flexibility index (Phi) is 10.2. The van der Waals surface area contributed by atoms with Crippen molar-refractivity contribution >= 4 is 0 Å². The van der Waals surface area contributed by atoms with E-state index in [0.717, 1.165) is 19.5 Å². The van der Waals surface area contributed by atoms with Crippen LogP contribution in [0, 0.1) is 0 Å². The smallest absolute Gasteiger partial charge is 0.0205 e. The Morgan fingerprint density at radius 3 is 2.00 bits per heavy atom. The molecule has 120 valence electrons. The van der Waals surface area contributed by atoms with Gasteiger partial charge in [-0.3, -0.25) is 0 Å². The monoisotopic (exact) mass is 290 g/mol. The van der Waals surface area contributed by atoms with Gasteiger partial charge in [-0.2, -0.15) is 0 Å². The van der Waals surface area contributed by atoms with Gasteiger partial charge in [0.05, 0.1) is 0 Å². The fourth-order valence-corrected chi connectivity index (χ4v) is 2.68. The van der Waals surface area contributed by atoms with Crippen LogP contribution in [-0.2, 0) is 13.0 Å². The zero-order valence-corrected chi connectivity index (χ0v) is 14.3. The van der Waals surface area contributed by atoms with Crippen LogP contribution in [0.25, 0.3) is 0 Å². The van der Waals surface area contributed by atoms with E-state index in [0.29, 0.717) is 0 Å². The van der Waals surface area contributed by atoms with E-state index in [1.165, 1.54) is 56.4 Å². The first-order chi connectivity index (χ1) is 10.3. The van der Waals surface area contributed by atoms with Gasteiger partial charge in [0.1, 0.15) is 0 Å². The molecular weight excluding hydrogens is 256 g/mol. The quantitative estimate of drug-likeness (QED) is 0.579. The van der Waals surface area contributed by atoms with Crippen LogP contribution in [-0.4, -0.2) is 31.1 Å². The second kappa shape index (κ2) is 11.8. The summed E-state index contributed by atoms with van der Waals surface area (Å²) in [5.74, 6) is 0. The molecule has 0 fully saturated rings. The Balaban J connectivity index is 2.07. The zero-order chi connectivity index (χ0) is 15.3. The summed E-state index contributed by atoms with van der Waals surface area (Å²) in [7, 11) is 0. The summed E-state index contributed by atoms with van der Waals surface area (Å²) in [4.78, 5) is 2.60. The molecule has 1 N–H and O–H groups in total. The summed E-state index contributed by atoms with van der Waals surface area (Å²) >= 11 is 0. The number of nitrogens with zero attached hydrogens (tertiary/aromatic N) is 1. The number of aryl methyl sites for hydroxylation is 1. The summed E-state index contributed by atoms with van der Waals surface area (Å²) in [6, 6.07) is 8.97. The van der Waals surface area contributed by atoms with Gasteiger partial charge in [0.15, 0.2) is 0 Å². The molecule has 0 saturated heterocycles. The Morgan fingerprint density at radius 2 is 1.43 bits per heavy atom. The summed E-state index contributed by atoms with van der Waals surface area (Å²) < 4.78 is 0. The predicted molar refractivity (Wildman–Crippen MR) is 93.8 cm³/mol. The number of unbranched alkanes of at least 4 members (excludes halogenated alkanes) is 1. The minimum atomic E-state index is 0.998. The molecule has 0 aliphatic heterocycles. The van der Waals surface area contributed by atoms with Crippen molar-refractivity contribution in [3.8, 4) is 0 Å². The van der Waals surface area contributed by atoms with E-state index >= 15 is 0 Å². The van der Waals surface area contributed by atoms with E-state index in [9.17, 15) is 0 Å². The van der Waals surface area contributed by atoms with Gasteiger partial charge in [-0.25, -0.2) is 0 Å². The lowest BCUT2D eigenvalue weighted by Crippen LogP contribution is -2.27. The van der Waals surface area contributed by atoms with E-state index in [1.54, 1.807) is 0 Å². The fraction of sp³-hybridized carbons (Fsp3) is 0.684. The first kappa shape index (κ1) is 18.2. The van der Waals surface area contributed by atoms with Crippen LogP contribution in [0.15, 0.2) is 24.3 Å². The van der Waals surface area contributed by atoms with Crippen molar-refractivity contribution in [3.63, 3.8) is 0 Å². The van der Waals surface area contributed by atoms with Crippen LogP contribution < -0.4 is 5.32 Å². The van der Waals surface area contributed by atoms with Crippen LogP contribution in [0.5, 0.6) is 0 Å². The Hall–Kier alpha value is -0.860.